The zero-order valence-electron chi connectivity index (χ0n) is 17.1. The highest BCUT2D eigenvalue weighted by Crippen LogP contribution is 2.39. The van der Waals surface area contributed by atoms with E-state index in [2.05, 4.69) is 10.2 Å². The highest BCUT2D eigenvalue weighted by Gasteiger charge is 2.24. The Morgan fingerprint density at radius 1 is 0.935 bits per heavy atom. The smallest absolute Gasteiger partial charge is 0.228 e. The molecule has 6 heteroatoms. The summed E-state index contributed by atoms with van der Waals surface area (Å²) < 4.78 is 11.7. The topological polar surface area (TPSA) is 63.2 Å². The highest BCUT2D eigenvalue weighted by molar-refractivity contribution is 6.05. The first-order chi connectivity index (χ1) is 15.3. The standard InChI is InChI=1S/C25H23N3O3/c29-24(16-18-6-2-1-3-7-18)26-19-10-11-22-20(17-19)25(28-12-14-30-15-13-28)27-21-8-4-5-9-23(21)31-22/h1-11,17H,12-16H2,(H,26,29). The van der Waals surface area contributed by atoms with Gasteiger partial charge < -0.3 is 19.7 Å². The van der Waals surface area contributed by atoms with Crippen molar-refractivity contribution in [2.24, 2.45) is 4.99 Å². The molecule has 0 saturated carbocycles. The first-order valence-electron chi connectivity index (χ1n) is 10.4. The van der Waals surface area contributed by atoms with Crippen LogP contribution in [0.5, 0.6) is 11.5 Å². The monoisotopic (exact) mass is 413 g/mol. The van der Waals surface area contributed by atoms with Gasteiger partial charge >= 0.3 is 0 Å². The fourth-order valence-corrected chi connectivity index (χ4v) is 3.80. The Hall–Kier alpha value is -3.64. The number of rotatable bonds is 3. The molecule has 0 aromatic heterocycles. The van der Waals surface area contributed by atoms with E-state index >= 15 is 0 Å². The molecular weight excluding hydrogens is 390 g/mol. The number of nitrogens with zero attached hydrogens (tertiary/aromatic N) is 2. The van der Waals surface area contributed by atoms with E-state index in [0.717, 1.165) is 47.2 Å². The zero-order chi connectivity index (χ0) is 21.0. The van der Waals surface area contributed by atoms with Crippen molar-refractivity contribution in [1.82, 2.24) is 4.90 Å². The summed E-state index contributed by atoms with van der Waals surface area (Å²) >= 11 is 0. The van der Waals surface area contributed by atoms with Crippen LogP contribution in [0.2, 0.25) is 0 Å². The molecule has 5 rings (SSSR count). The third-order valence-corrected chi connectivity index (χ3v) is 5.33. The molecule has 1 fully saturated rings. The number of amidine groups is 1. The molecule has 0 atom stereocenters. The number of carbonyl (C=O) groups excluding carboxylic acids is 1. The number of hydrogen-bond donors (Lipinski definition) is 1. The molecule has 1 amide bonds. The van der Waals surface area contributed by atoms with E-state index in [9.17, 15) is 4.79 Å². The lowest BCUT2D eigenvalue weighted by Crippen LogP contribution is -2.41. The second kappa shape index (κ2) is 8.62. The van der Waals surface area contributed by atoms with E-state index in [4.69, 9.17) is 14.5 Å². The number of nitrogens with one attached hydrogen (secondary N) is 1. The lowest BCUT2D eigenvalue weighted by Gasteiger charge is -2.30. The zero-order valence-corrected chi connectivity index (χ0v) is 17.1. The lowest BCUT2D eigenvalue weighted by atomic mass is 10.1. The number of ether oxygens (including phenoxy) is 2. The van der Waals surface area contributed by atoms with Crippen molar-refractivity contribution >= 4 is 23.1 Å². The quantitative estimate of drug-likeness (QED) is 0.692. The number of aliphatic imine (C=N–C) groups is 1. The average molecular weight is 413 g/mol. The molecule has 0 bridgehead atoms. The number of benzene rings is 3. The number of morpholine rings is 1. The summed E-state index contributed by atoms with van der Waals surface area (Å²) in [6.45, 7) is 2.82. The van der Waals surface area contributed by atoms with E-state index in [1.807, 2.05) is 72.8 Å². The van der Waals surface area contributed by atoms with E-state index in [1.54, 1.807) is 0 Å². The first kappa shape index (κ1) is 19.3. The van der Waals surface area contributed by atoms with Crippen molar-refractivity contribution in [3.05, 3.63) is 83.9 Å². The van der Waals surface area contributed by atoms with Crippen molar-refractivity contribution in [1.29, 1.82) is 0 Å². The number of carbonyl (C=O) groups is 1. The summed E-state index contributed by atoms with van der Waals surface area (Å²) in [7, 11) is 0. The molecule has 2 aliphatic rings. The highest BCUT2D eigenvalue weighted by atomic mass is 16.5. The molecular formula is C25H23N3O3. The second-order valence-electron chi connectivity index (χ2n) is 7.53. The maximum absolute atomic E-state index is 12.6. The number of amides is 1. The van der Waals surface area contributed by atoms with Crippen LogP contribution in [0, 0.1) is 0 Å². The molecule has 0 radical (unpaired) electrons. The molecule has 0 unspecified atom stereocenters. The summed E-state index contributed by atoms with van der Waals surface area (Å²) in [6, 6.07) is 23.2. The van der Waals surface area contributed by atoms with E-state index in [1.165, 1.54) is 0 Å². The Bertz CT molecular complexity index is 1120. The number of anilines is 1. The maximum atomic E-state index is 12.6. The molecule has 3 aromatic rings. The van der Waals surface area contributed by atoms with Gasteiger partial charge in [-0.05, 0) is 35.9 Å². The molecule has 2 aliphatic heterocycles. The van der Waals surface area contributed by atoms with Crippen molar-refractivity contribution in [2.45, 2.75) is 6.42 Å². The molecule has 6 nitrogen and oxygen atoms in total. The van der Waals surface area contributed by atoms with Gasteiger partial charge in [0.15, 0.2) is 5.75 Å². The summed E-state index contributed by atoms with van der Waals surface area (Å²) in [6.07, 6.45) is 0.324. The van der Waals surface area contributed by atoms with Gasteiger partial charge in [0, 0.05) is 18.8 Å². The fourth-order valence-electron chi connectivity index (χ4n) is 3.80. The Labute approximate surface area is 181 Å². The van der Waals surface area contributed by atoms with Gasteiger partial charge in [-0.1, -0.05) is 42.5 Å². The summed E-state index contributed by atoms with van der Waals surface area (Å²) in [5.74, 6) is 2.21. The van der Waals surface area contributed by atoms with Crippen LogP contribution in [-0.2, 0) is 16.0 Å². The average Bonchev–Trinajstić information content (AvgIpc) is 2.97. The number of para-hydroxylation sites is 2. The Morgan fingerprint density at radius 3 is 2.55 bits per heavy atom. The largest absolute Gasteiger partial charge is 0.454 e. The van der Waals surface area contributed by atoms with Crippen molar-refractivity contribution in [2.75, 3.05) is 31.6 Å². The minimum absolute atomic E-state index is 0.0613. The Morgan fingerprint density at radius 2 is 1.71 bits per heavy atom. The Kier molecular flexibility index (Phi) is 5.37. The summed E-state index contributed by atoms with van der Waals surface area (Å²) in [5.41, 5.74) is 3.34. The number of fused-ring (bicyclic) bond motifs is 2. The van der Waals surface area contributed by atoms with Crippen LogP contribution in [0.3, 0.4) is 0 Å². The fraction of sp³-hybridized carbons (Fsp3) is 0.200. The minimum Gasteiger partial charge on any atom is -0.454 e. The van der Waals surface area contributed by atoms with Crippen molar-refractivity contribution in [3.8, 4) is 11.5 Å². The van der Waals surface area contributed by atoms with Gasteiger partial charge in [-0.15, -0.1) is 0 Å². The van der Waals surface area contributed by atoms with Gasteiger partial charge in [0.1, 0.15) is 17.3 Å². The predicted octanol–water partition coefficient (Wildman–Crippen LogP) is 4.38. The van der Waals surface area contributed by atoms with Gasteiger partial charge in [0.2, 0.25) is 5.91 Å². The van der Waals surface area contributed by atoms with E-state index in [0.29, 0.717) is 25.4 Å². The molecule has 1 N–H and O–H groups in total. The van der Waals surface area contributed by atoms with Crippen LogP contribution < -0.4 is 10.1 Å². The molecule has 3 aromatic carbocycles. The SMILES string of the molecule is O=C(Cc1ccccc1)Nc1ccc2c(c1)C(N1CCOCC1)=Nc1ccccc1O2. The predicted molar refractivity (Wildman–Crippen MR) is 120 cm³/mol. The van der Waals surface area contributed by atoms with Crippen LogP contribution in [0.25, 0.3) is 0 Å². The molecule has 31 heavy (non-hydrogen) atoms. The van der Waals surface area contributed by atoms with Crippen LogP contribution in [0.1, 0.15) is 11.1 Å². The second-order valence-corrected chi connectivity index (χ2v) is 7.53. The van der Waals surface area contributed by atoms with Crippen LogP contribution >= 0.6 is 0 Å². The Balaban J connectivity index is 1.47. The molecule has 1 saturated heterocycles. The van der Waals surface area contributed by atoms with Gasteiger partial charge in [-0.25, -0.2) is 4.99 Å². The van der Waals surface area contributed by atoms with Crippen molar-refractivity contribution in [3.63, 3.8) is 0 Å². The maximum Gasteiger partial charge on any atom is 0.228 e. The van der Waals surface area contributed by atoms with E-state index < -0.39 is 0 Å². The number of hydrogen-bond acceptors (Lipinski definition) is 5. The summed E-state index contributed by atoms with van der Waals surface area (Å²) in [5, 5.41) is 3.01. The third-order valence-electron chi connectivity index (χ3n) is 5.33. The van der Waals surface area contributed by atoms with Crippen LogP contribution in [0.4, 0.5) is 11.4 Å². The third kappa shape index (κ3) is 4.29. The van der Waals surface area contributed by atoms with Gasteiger partial charge in [-0.2, -0.15) is 0 Å². The summed E-state index contributed by atoms with van der Waals surface area (Å²) in [4.78, 5) is 19.7. The van der Waals surface area contributed by atoms with Crippen LogP contribution in [-0.4, -0.2) is 42.9 Å². The molecule has 0 spiro atoms. The molecule has 156 valence electrons. The molecule has 0 aliphatic carbocycles. The normalized spacial score (nSPS) is 15.1. The minimum atomic E-state index is -0.0613. The van der Waals surface area contributed by atoms with Gasteiger partial charge in [0.25, 0.3) is 0 Å². The van der Waals surface area contributed by atoms with Gasteiger partial charge in [-0.3, -0.25) is 4.79 Å². The molecule has 2 heterocycles. The van der Waals surface area contributed by atoms with Crippen molar-refractivity contribution < 1.29 is 14.3 Å². The van der Waals surface area contributed by atoms with E-state index in [-0.39, 0.29) is 5.91 Å². The van der Waals surface area contributed by atoms with Crippen LogP contribution in [0.15, 0.2) is 77.8 Å². The van der Waals surface area contributed by atoms with Gasteiger partial charge in [0.05, 0.1) is 25.2 Å². The lowest BCUT2D eigenvalue weighted by molar-refractivity contribution is -0.115. The first-order valence-corrected chi connectivity index (χ1v) is 10.4.